The highest BCUT2D eigenvalue weighted by atomic mass is 16.5. The van der Waals surface area contributed by atoms with Crippen molar-refractivity contribution in [2.75, 3.05) is 13.7 Å². The molecule has 0 radical (unpaired) electrons. The molecule has 4 rings (SSSR count). The zero-order chi connectivity index (χ0) is 17.9. The normalized spacial score (nSPS) is 17.4. The van der Waals surface area contributed by atoms with Crippen molar-refractivity contribution in [2.45, 2.75) is 31.7 Å². The predicted octanol–water partition coefficient (Wildman–Crippen LogP) is 2.43. The van der Waals surface area contributed by atoms with E-state index < -0.39 is 0 Å². The van der Waals surface area contributed by atoms with Crippen LogP contribution in [0, 0.1) is 0 Å². The van der Waals surface area contributed by atoms with Crippen LogP contribution >= 0.6 is 0 Å². The van der Waals surface area contributed by atoms with Gasteiger partial charge in [0.2, 0.25) is 5.91 Å². The lowest BCUT2D eigenvalue weighted by atomic mass is 9.98. The number of hydrogen-bond acceptors (Lipinski definition) is 5. The van der Waals surface area contributed by atoms with Gasteiger partial charge in [0.05, 0.1) is 25.3 Å². The number of fused-ring (bicyclic) bond motifs is 1. The summed E-state index contributed by atoms with van der Waals surface area (Å²) < 4.78 is 6.92. The zero-order valence-corrected chi connectivity index (χ0v) is 14.7. The zero-order valence-electron chi connectivity index (χ0n) is 14.7. The standard InChI is InChI=1S/C19H21N5O2/c1-26-15-7-5-14(6-8-15)12-18(25)23-11-3-2-4-16(23)17-9-10-20-19-21-13-22-24(17)19/h5-10,13,16H,2-4,11-12H2,1H3. The van der Waals surface area contributed by atoms with Crippen LogP contribution in [0.5, 0.6) is 5.75 Å². The minimum absolute atomic E-state index is 0.00157. The highest BCUT2D eigenvalue weighted by Crippen LogP contribution is 2.31. The number of rotatable bonds is 4. The summed E-state index contributed by atoms with van der Waals surface area (Å²) in [6.45, 7) is 0.762. The first-order chi connectivity index (χ1) is 12.8. The predicted molar refractivity (Wildman–Crippen MR) is 95.8 cm³/mol. The molecule has 1 aliphatic rings. The summed E-state index contributed by atoms with van der Waals surface area (Å²) in [5.41, 5.74) is 1.95. The number of benzene rings is 1. The van der Waals surface area contributed by atoms with Gasteiger partial charge >= 0.3 is 0 Å². The van der Waals surface area contributed by atoms with Crippen molar-refractivity contribution < 1.29 is 9.53 Å². The van der Waals surface area contributed by atoms with E-state index in [-0.39, 0.29) is 11.9 Å². The summed E-state index contributed by atoms with van der Waals surface area (Å²) in [6.07, 6.45) is 6.66. The van der Waals surface area contributed by atoms with Gasteiger partial charge in [-0.3, -0.25) is 4.79 Å². The van der Waals surface area contributed by atoms with E-state index in [4.69, 9.17) is 4.74 Å². The van der Waals surface area contributed by atoms with E-state index >= 15 is 0 Å². The lowest BCUT2D eigenvalue weighted by Crippen LogP contribution is -2.40. The van der Waals surface area contributed by atoms with Gasteiger partial charge in [-0.05, 0) is 43.0 Å². The third-order valence-electron chi connectivity index (χ3n) is 4.89. The van der Waals surface area contributed by atoms with Gasteiger partial charge in [-0.2, -0.15) is 14.6 Å². The van der Waals surface area contributed by atoms with Crippen LogP contribution in [0.15, 0.2) is 42.9 Å². The number of likely N-dealkylation sites (tertiary alicyclic amines) is 1. The van der Waals surface area contributed by atoms with E-state index in [1.54, 1.807) is 17.8 Å². The molecule has 7 nitrogen and oxygen atoms in total. The second-order valence-electron chi connectivity index (χ2n) is 6.47. The van der Waals surface area contributed by atoms with Crippen LogP contribution < -0.4 is 4.74 Å². The Morgan fingerprint density at radius 3 is 2.85 bits per heavy atom. The van der Waals surface area contributed by atoms with Gasteiger partial charge in [0, 0.05) is 12.7 Å². The Morgan fingerprint density at radius 2 is 2.04 bits per heavy atom. The SMILES string of the molecule is COc1ccc(CC(=O)N2CCCCC2c2ccnc3ncnn23)cc1. The lowest BCUT2D eigenvalue weighted by Gasteiger charge is -2.36. The van der Waals surface area contributed by atoms with E-state index in [0.717, 1.165) is 42.8 Å². The first kappa shape index (κ1) is 16.5. The number of carbonyl (C=O) groups is 1. The van der Waals surface area contributed by atoms with Gasteiger partial charge in [0.15, 0.2) is 0 Å². The van der Waals surface area contributed by atoms with Crippen molar-refractivity contribution in [3.8, 4) is 5.75 Å². The quantitative estimate of drug-likeness (QED) is 0.722. The average Bonchev–Trinajstić information content (AvgIpc) is 3.17. The van der Waals surface area contributed by atoms with Crippen LogP contribution in [-0.2, 0) is 11.2 Å². The Balaban J connectivity index is 1.58. The molecule has 0 N–H and O–H groups in total. The van der Waals surface area contributed by atoms with Crippen molar-refractivity contribution in [3.05, 3.63) is 54.1 Å². The van der Waals surface area contributed by atoms with Crippen molar-refractivity contribution in [2.24, 2.45) is 0 Å². The Hall–Kier alpha value is -2.96. The smallest absolute Gasteiger partial charge is 0.252 e. The Kier molecular flexibility index (Phi) is 4.51. The number of nitrogens with zero attached hydrogens (tertiary/aromatic N) is 5. The van der Waals surface area contributed by atoms with E-state index in [9.17, 15) is 4.79 Å². The fourth-order valence-electron chi connectivity index (χ4n) is 3.57. The Labute approximate surface area is 151 Å². The Bertz CT molecular complexity index is 906. The summed E-state index contributed by atoms with van der Waals surface area (Å²) >= 11 is 0. The van der Waals surface area contributed by atoms with Crippen LogP contribution in [0.25, 0.3) is 5.78 Å². The monoisotopic (exact) mass is 351 g/mol. The molecular formula is C19H21N5O2. The second kappa shape index (κ2) is 7.11. The van der Waals surface area contributed by atoms with Gasteiger partial charge in [0.1, 0.15) is 12.1 Å². The van der Waals surface area contributed by atoms with Crippen LogP contribution in [0.1, 0.15) is 36.6 Å². The first-order valence-electron chi connectivity index (χ1n) is 8.83. The number of carbonyl (C=O) groups excluding carboxylic acids is 1. The summed E-state index contributed by atoms with van der Waals surface area (Å²) in [7, 11) is 1.64. The molecule has 0 bridgehead atoms. The molecule has 2 aromatic heterocycles. The largest absolute Gasteiger partial charge is 0.497 e. The van der Waals surface area contributed by atoms with E-state index in [2.05, 4.69) is 15.1 Å². The molecule has 1 fully saturated rings. The summed E-state index contributed by atoms with van der Waals surface area (Å²) in [4.78, 5) is 23.4. The van der Waals surface area contributed by atoms with E-state index in [0.29, 0.717) is 12.2 Å². The Morgan fingerprint density at radius 1 is 1.19 bits per heavy atom. The van der Waals surface area contributed by atoms with Crippen molar-refractivity contribution in [3.63, 3.8) is 0 Å². The van der Waals surface area contributed by atoms with Crippen molar-refractivity contribution >= 4 is 11.7 Å². The molecule has 0 saturated carbocycles. The van der Waals surface area contributed by atoms with Crippen LogP contribution in [0.3, 0.4) is 0 Å². The average molecular weight is 351 g/mol. The van der Waals surface area contributed by atoms with Crippen LogP contribution in [0.2, 0.25) is 0 Å². The van der Waals surface area contributed by atoms with Gasteiger partial charge in [-0.25, -0.2) is 4.98 Å². The third kappa shape index (κ3) is 3.12. The molecule has 3 heterocycles. The third-order valence-corrected chi connectivity index (χ3v) is 4.89. The number of piperidine rings is 1. The first-order valence-corrected chi connectivity index (χ1v) is 8.83. The molecule has 1 saturated heterocycles. The number of hydrogen-bond donors (Lipinski definition) is 0. The minimum atomic E-state index is 0.00157. The maximum absolute atomic E-state index is 13.0. The molecule has 1 aromatic carbocycles. The van der Waals surface area contributed by atoms with Crippen molar-refractivity contribution in [1.29, 1.82) is 0 Å². The van der Waals surface area contributed by atoms with Crippen LogP contribution in [-0.4, -0.2) is 44.0 Å². The minimum Gasteiger partial charge on any atom is -0.497 e. The molecule has 0 aliphatic carbocycles. The number of methoxy groups -OCH3 is 1. The van der Waals surface area contributed by atoms with Gasteiger partial charge < -0.3 is 9.64 Å². The molecule has 1 unspecified atom stereocenters. The maximum Gasteiger partial charge on any atom is 0.252 e. The number of ether oxygens (including phenoxy) is 1. The second-order valence-corrected chi connectivity index (χ2v) is 6.47. The number of aromatic nitrogens is 4. The van der Waals surface area contributed by atoms with Gasteiger partial charge in [0.25, 0.3) is 5.78 Å². The van der Waals surface area contributed by atoms with E-state index in [1.165, 1.54) is 6.33 Å². The van der Waals surface area contributed by atoms with Gasteiger partial charge in [-0.1, -0.05) is 12.1 Å². The molecule has 3 aromatic rings. The maximum atomic E-state index is 13.0. The molecule has 7 heteroatoms. The summed E-state index contributed by atoms with van der Waals surface area (Å²) in [5.74, 6) is 1.49. The molecule has 26 heavy (non-hydrogen) atoms. The fraction of sp³-hybridized carbons (Fsp3) is 0.368. The fourth-order valence-corrected chi connectivity index (χ4v) is 3.57. The molecule has 1 amide bonds. The van der Waals surface area contributed by atoms with E-state index in [1.807, 2.05) is 35.2 Å². The summed E-state index contributed by atoms with van der Waals surface area (Å²) in [6, 6.07) is 9.60. The highest BCUT2D eigenvalue weighted by molar-refractivity contribution is 5.79. The molecule has 0 spiro atoms. The molecule has 1 aliphatic heterocycles. The summed E-state index contributed by atoms with van der Waals surface area (Å²) in [5, 5.41) is 4.28. The molecule has 1 atom stereocenters. The number of amides is 1. The van der Waals surface area contributed by atoms with Crippen LogP contribution in [0.4, 0.5) is 0 Å². The molecule has 134 valence electrons. The molecular weight excluding hydrogens is 330 g/mol. The topological polar surface area (TPSA) is 72.6 Å². The lowest BCUT2D eigenvalue weighted by molar-refractivity contribution is -0.134. The van der Waals surface area contributed by atoms with Crippen molar-refractivity contribution in [1.82, 2.24) is 24.5 Å². The highest BCUT2D eigenvalue weighted by Gasteiger charge is 2.30. The van der Waals surface area contributed by atoms with Gasteiger partial charge in [-0.15, -0.1) is 0 Å².